The summed E-state index contributed by atoms with van der Waals surface area (Å²) in [5.41, 5.74) is 0.871. The molecule has 37 heavy (non-hydrogen) atoms. The average Bonchev–Trinajstić information content (AvgIpc) is 3.21. The van der Waals surface area contributed by atoms with E-state index in [4.69, 9.17) is 32.7 Å². The molecule has 0 spiro atoms. The molecule has 0 saturated carbocycles. The number of rotatable bonds is 11. The molecule has 198 valence electrons. The van der Waals surface area contributed by atoms with Crippen LogP contribution in [0.4, 0.5) is 10.5 Å². The minimum Gasteiger partial charge on any atom is -0.458 e. The number of carbonyl (C=O) groups excluding carboxylic acids is 3. The molecule has 0 N–H and O–H groups in total. The number of cyclic esters (lactones) is 1. The molecule has 9 nitrogen and oxygen atoms in total. The number of carbonyl (C=O) groups is 3. The molecule has 2 amide bonds. The molecule has 1 fully saturated rings. The monoisotopic (exact) mass is 550 g/mol. The van der Waals surface area contributed by atoms with Crippen LogP contribution in [0, 0.1) is 16.0 Å². The van der Waals surface area contributed by atoms with E-state index in [0.717, 1.165) is 10.5 Å². The third kappa shape index (κ3) is 7.90. The van der Waals surface area contributed by atoms with Crippen LogP contribution in [0.2, 0.25) is 0 Å². The van der Waals surface area contributed by atoms with Gasteiger partial charge in [0.1, 0.15) is 17.0 Å². The third-order valence-electron chi connectivity index (χ3n) is 6.14. The lowest BCUT2D eigenvalue weighted by molar-refractivity contribution is -0.384. The molecule has 0 unspecified atom stereocenters. The molecule has 0 aromatic heterocycles. The second-order valence-electron chi connectivity index (χ2n) is 9.13. The highest BCUT2D eigenvalue weighted by Gasteiger charge is 2.42. The lowest BCUT2D eigenvalue weighted by Gasteiger charge is -2.28. The maximum absolute atomic E-state index is 13.5. The predicted molar refractivity (Wildman–Crippen MR) is 138 cm³/mol. The van der Waals surface area contributed by atoms with Gasteiger partial charge in [-0.15, -0.1) is 23.2 Å². The van der Waals surface area contributed by atoms with E-state index in [1.165, 1.54) is 24.3 Å². The average molecular weight is 551 g/mol. The van der Waals surface area contributed by atoms with Crippen molar-refractivity contribution in [3.63, 3.8) is 0 Å². The van der Waals surface area contributed by atoms with Crippen molar-refractivity contribution in [1.82, 2.24) is 4.90 Å². The van der Waals surface area contributed by atoms with Crippen molar-refractivity contribution < 1.29 is 28.8 Å². The van der Waals surface area contributed by atoms with Crippen molar-refractivity contribution in [1.29, 1.82) is 0 Å². The Morgan fingerprint density at radius 2 is 1.84 bits per heavy atom. The lowest BCUT2D eigenvalue weighted by Crippen LogP contribution is -2.46. The Morgan fingerprint density at radius 3 is 2.43 bits per heavy atom. The molecule has 0 bridgehead atoms. The zero-order valence-electron chi connectivity index (χ0n) is 20.5. The summed E-state index contributed by atoms with van der Waals surface area (Å²) in [6.45, 7) is 3.29. The smallest absolute Gasteiger partial charge is 0.416 e. The molecule has 2 aromatic carbocycles. The van der Waals surface area contributed by atoms with E-state index in [9.17, 15) is 24.5 Å². The van der Waals surface area contributed by atoms with E-state index in [1.54, 1.807) is 13.8 Å². The second-order valence-corrected chi connectivity index (χ2v) is 11.0. The van der Waals surface area contributed by atoms with Gasteiger partial charge < -0.3 is 9.47 Å². The zero-order chi connectivity index (χ0) is 27.2. The van der Waals surface area contributed by atoms with Crippen molar-refractivity contribution >= 4 is 46.9 Å². The Labute approximate surface area is 224 Å². The molecule has 1 aliphatic heterocycles. The number of imide groups is 1. The lowest BCUT2D eigenvalue weighted by atomic mass is 9.96. The summed E-state index contributed by atoms with van der Waals surface area (Å²) in [7, 11) is 0. The Bertz CT molecular complexity index is 1120. The summed E-state index contributed by atoms with van der Waals surface area (Å²) >= 11 is 12.2. The van der Waals surface area contributed by atoms with Crippen LogP contribution in [0.25, 0.3) is 0 Å². The zero-order valence-corrected chi connectivity index (χ0v) is 22.0. The fraction of sp³-hybridized carbons (Fsp3) is 0.423. The quantitative estimate of drug-likeness (QED) is 0.152. The molecular formula is C26H28Cl2N2O7. The Hall–Kier alpha value is -3.17. The van der Waals surface area contributed by atoms with E-state index in [2.05, 4.69) is 0 Å². The van der Waals surface area contributed by atoms with Gasteiger partial charge in [-0.05, 0) is 50.3 Å². The highest BCUT2D eigenvalue weighted by atomic mass is 35.5. The van der Waals surface area contributed by atoms with Crippen LogP contribution >= 0.6 is 23.2 Å². The van der Waals surface area contributed by atoms with Crippen molar-refractivity contribution in [2.24, 2.45) is 5.92 Å². The molecule has 1 aliphatic rings. The first-order chi connectivity index (χ1) is 17.5. The molecule has 1 saturated heterocycles. The van der Waals surface area contributed by atoms with E-state index < -0.39 is 45.3 Å². The molecule has 0 aliphatic carbocycles. The van der Waals surface area contributed by atoms with Gasteiger partial charge in [0.05, 0.1) is 22.4 Å². The van der Waals surface area contributed by atoms with Crippen molar-refractivity contribution in [2.75, 3.05) is 6.61 Å². The maximum Gasteiger partial charge on any atom is 0.416 e. The van der Waals surface area contributed by atoms with Gasteiger partial charge in [0.15, 0.2) is 0 Å². The number of nitro benzene ring substituents is 1. The molecule has 11 heteroatoms. The van der Waals surface area contributed by atoms with Gasteiger partial charge in [-0.25, -0.2) is 14.5 Å². The van der Waals surface area contributed by atoms with Crippen LogP contribution in [-0.4, -0.2) is 50.9 Å². The number of benzene rings is 2. The van der Waals surface area contributed by atoms with E-state index in [1.807, 2.05) is 30.3 Å². The van der Waals surface area contributed by atoms with E-state index in [0.29, 0.717) is 19.3 Å². The summed E-state index contributed by atoms with van der Waals surface area (Å²) in [5.74, 6) is -2.16. The fourth-order valence-corrected chi connectivity index (χ4v) is 4.36. The number of hydrogen-bond donors (Lipinski definition) is 0. The summed E-state index contributed by atoms with van der Waals surface area (Å²) < 4.78 is 9.86. The standard InChI is InChI=1S/C26H28Cl2N2O7/c1-17(23(31)29-21(16-36-25(29)33)15-18-7-4-3-5-8-18)22(9-6-14-26(2,27)28)37-24(32)19-10-12-20(13-11-19)30(34)35/h3-5,7-8,10-13,17,21-22H,6,9,14-16H2,1-2H3/t17-,21-,22-/m0/s1. The Morgan fingerprint density at radius 1 is 1.19 bits per heavy atom. The van der Waals surface area contributed by atoms with Gasteiger partial charge in [-0.2, -0.15) is 0 Å². The van der Waals surface area contributed by atoms with Crippen LogP contribution in [-0.2, 0) is 20.7 Å². The van der Waals surface area contributed by atoms with Gasteiger partial charge >= 0.3 is 12.1 Å². The van der Waals surface area contributed by atoms with E-state index in [-0.39, 0.29) is 24.3 Å². The maximum atomic E-state index is 13.5. The minimum atomic E-state index is -1.00. The van der Waals surface area contributed by atoms with Crippen molar-refractivity contribution in [3.8, 4) is 0 Å². The van der Waals surface area contributed by atoms with Gasteiger partial charge in [0.2, 0.25) is 5.91 Å². The number of nitro groups is 1. The Balaban J connectivity index is 1.77. The number of non-ortho nitro benzene ring substituents is 1. The molecule has 1 heterocycles. The second kappa shape index (κ2) is 12.4. The highest BCUT2D eigenvalue weighted by Crippen LogP contribution is 2.29. The molecule has 2 aromatic rings. The number of esters is 1. The summed E-state index contributed by atoms with van der Waals surface area (Å²) in [6.07, 6.45) is -0.145. The largest absolute Gasteiger partial charge is 0.458 e. The van der Waals surface area contributed by atoms with Crippen LogP contribution in [0.15, 0.2) is 54.6 Å². The summed E-state index contributed by atoms with van der Waals surface area (Å²) in [6, 6.07) is 13.9. The highest BCUT2D eigenvalue weighted by molar-refractivity contribution is 6.48. The number of ether oxygens (including phenoxy) is 2. The third-order valence-corrected chi connectivity index (χ3v) is 6.51. The number of nitrogens with zero attached hydrogens (tertiary/aromatic N) is 2. The van der Waals surface area contributed by atoms with Gasteiger partial charge in [-0.3, -0.25) is 14.9 Å². The van der Waals surface area contributed by atoms with Crippen molar-refractivity contribution in [2.45, 2.75) is 56.0 Å². The number of hydrogen-bond acceptors (Lipinski definition) is 7. The fourth-order valence-electron chi connectivity index (χ4n) is 4.09. The van der Waals surface area contributed by atoms with Gasteiger partial charge in [0.25, 0.3) is 5.69 Å². The normalized spacial score (nSPS) is 17.1. The first-order valence-corrected chi connectivity index (χ1v) is 12.6. The summed E-state index contributed by atoms with van der Waals surface area (Å²) in [5, 5.41) is 10.9. The predicted octanol–water partition coefficient (Wildman–Crippen LogP) is 5.71. The molecule has 3 atom stereocenters. The molecule has 3 rings (SSSR count). The minimum absolute atomic E-state index is 0.0658. The van der Waals surface area contributed by atoms with Gasteiger partial charge in [0, 0.05) is 12.1 Å². The summed E-state index contributed by atoms with van der Waals surface area (Å²) in [4.78, 5) is 50.3. The SMILES string of the molecule is C[C@H](C(=O)N1C(=O)OC[C@@H]1Cc1ccccc1)[C@H](CCCC(C)(Cl)Cl)OC(=O)c1ccc([N+](=O)[O-])cc1. The number of alkyl halides is 2. The Kier molecular flexibility index (Phi) is 9.50. The van der Waals surface area contributed by atoms with Crippen LogP contribution in [0.5, 0.6) is 0 Å². The number of halogens is 2. The topological polar surface area (TPSA) is 116 Å². The molecule has 0 radical (unpaired) electrons. The van der Waals surface area contributed by atoms with Crippen molar-refractivity contribution in [3.05, 3.63) is 75.8 Å². The first-order valence-electron chi connectivity index (χ1n) is 11.8. The number of amides is 2. The van der Waals surface area contributed by atoms with Crippen LogP contribution in [0.3, 0.4) is 0 Å². The van der Waals surface area contributed by atoms with Gasteiger partial charge in [-0.1, -0.05) is 37.3 Å². The van der Waals surface area contributed by atoms with Crippen LogP contribution < -0.4 is 0 Å². The first kappa shape index (κ1) is 28.4. The molecular weight excluding hydrogens is 523 g/mol. The van der Waals surface area contributed by atoms with Crippen LogP contribution in [0.1, 0.15) is 49.0 Å². The van der Waals surface area contributed by atoms with E-state index >= 15 is 0 Å².